The molecule has 0 aliphatic carbocycles. The molecule has 134 valence electrons. The molecule has 2 N–H and O–H groups in total. The van der Waals surface area contributed by atoms with Crippen molar-refractivity contribution in [1.29, 1.82) is 0 Å². The van der Waals surface area contributed by atoms with Gasteiger partial charge in [-0.3, -0.25) is 10.1 Å². The molecule has 3 aromatic rings. The van der Waals surface area contributed by atoms with Crippen molar-refractivity contribution in [2.24, 2.45) is 0 Å². The molecule has 0 fully saturated rings. The van der Waals surface area contributed by atoms with Gasteiger partial charge in [0.2, 0.25) is 10.0 Å². The summed E-state index contributed by atoms with van der Waals surface area (Å²) >= 11 is 1.39. The van der Waals surface area contributed by atoms with E-state index in [9.17, 15) is 13.2 Å². The van der Waals surface area contributed by atoms with E-state index in [0.29, 0.717) is 10.7 Å². The van der Waals surface area contributed by atoms with Crippen LogP contribution in [-0.2, 0) is 10.0 Å². The van der Waals surface area contributed by atoms with Crippen LogP contribution >= 0.6 is 11.3 Å². The lowest BCUT2D eigenvalue weighted by atomic mass is 10.2. The van der Waals surface area contributed by atoms with E-state index in [1.807, 2.05) is 25.1 Å². The lowest BCUT2D eigenvalue weighted by Crippen LogP contribution is -2.23. The first-order valence-corrected chi connectivity index (χ1v) is 10.1. The largest absolute Gasteiger partial charge is 0.298 e. The second kappa shape index (κ2) is 7.36. The number of nitrogens with zero attached hydrogens (tertiary/aromatic N) is 1. The summed E-state index contributed by atoms with van der Waals surface area (Å²) < 4.78 is 27.4. The monoisotopic (exact) mass is 387 g/mol. The molecule has 1 heterocycles. The van der Waals surface area contributed by atoms with Gasteiger partial charge in [0, 0.05) is 12.1 Å². The number of sulfonamides is 1. The highest BCUT2D eigenvalue weighted by molar-refractivity contribution is 7.89. The van der Waals surface area contributed by atoms with Crippen molar-refractivity contribution in [2.75, 3.05) is 11.9 Å². The van der Waals surface area contributed by atoms with Gasteiger partial charge in [0.15, 0.2) is 5.13 Å². The van der Waals surface area contributed by atoms with Crippen molar-refractivity contribution >= 4 is 42.6 Å². The maximum atomic E-state index is 12.4. The number of rotatable bonds is 6. The number of thiazole rings is 1. The minimum Gasteiger partial charge on any atom is -0.298 e. The molecule has 0 radical (unpaired) electrons. The second-order valence-corrected chi connectivity index (χ2v) is 8.36. The smallest absolute Gasteiger partial charge is 0.257 e. The fourth-order valence-electron chi connectivity index (χ4n) is 2.35. The number of fused-ring (bicyclic) bond motifs is 1. The Kier molecular flexibility index (Phi) is 5.17. The highest BCUT2D eigenvalue weighted by Gasteiger charge is 2.15. The summed E-state index contributed by atoms with van der Waals surface area (Å²) in [4.78, 5) is 16.9. The van der Waals surface area contributed by atoms with Gasteiger partial charge in [0.05, 0.1) is 15.1 Å². The summed E-state index contributed by atoms with van der Waals surface area (Å²) in [5.74, 6) is -0.343. The van der Waals surface area contributed by atoms with E-state index in [1.165, 1.54) is 41.7 Å². The van der Waals surface area contributed by atoms with Crippen LogP contribution in [0.5, 0.6) is 0 Å². The summed E-state index contributed by atoms with van der Waals surface area (Å²) in [5, 5.41) is 3.26. The standard InChI is InChI=1S/C18H17N3O3S2/c1-3-11-19-26(23,24)14-9-7-13(8-10-14)17(22)21-18-20-16-12(2)5-4-6-15(16)25-18/h3-10,19H,1,11H2,2H3,(H,20,21,22). The molecule has 0 saturated heterocycles. The average molecular weight is 387 g/mol. The van der Waals surface area contributed by atoms with Gasteiger partial charge in [0.1, 0.15) is 0 Å². The first-order valence-electron chi connectivity index (χ1n) is 7.79. The predicted molar refractivity (Wildman–Crippen MR) is 104 cm³/mol. The van der Waals surface area contributed by atoms with Gasteiger partial charge in [-0.25, -0.2) is 18.1 Å². The molecular formula is C18H17N3O3S2. The van der Waals surface area contributed by atoms with Crippen LogP contribution < -0.4 is 10.0 Å². The molecule has 0 saturated carbocycles. The minimum atomic E-state index is -3.61. The zero-order valence-corrected chi connectivity index (χ0v) is 15.7. The summed E-state index contributed by atoms with van der Waals surface area (Å²) in [6.45, 7) is 5.58. The third-order valence-corrected chi connectivity index (χ3v) is 6.06. The first kappa shape index (κ1) is 18.2. The first-order chi connectivity index (χ1) is 12.4. The van der Waals surface area contributed by atoms with Crippen molar-refractivity contribution in [2.45, 2.75) is 11.8 Å². The number of para-hydroxylation sites is 1. The molecular weight excluding hydrogens is 370 g/mol. The van der Waals surface area contributed by atoms with Crippen molar-refractivity contribution in [3.8, 4) is 0 Å². The minimum absolute atomic E-state index is 0.0894. The normalized spacial score (nSPS) is 11.4. The molecule has 1 aromatic heterocycles. The Hall–Kier alpha value is -2.55. The van der Waals surface area contributed by atoms with Crippen LogP contribution in [0.1, 0.15) is 15.9 Å². The Morgan fingerprint density at radius 3 is 2.62 bits per heavy atom. The van der Waals surface area contributed by atoms with E-state index in [2.05, 4.69) is 21.6 Å². The van der Waals surface area contributed by atoms with Crippen LogP contribution in [0.2, 0.25) is 0 Å². The van der Waals surface area contributed by atoms with Crippen LogP contribution in [0, 0.1) is 6.92 Å². The number of hydrogen-bond donors (Lipinski definition) is 2. The highest BCUT2D eigenvalue weighted by Crippen LogP contribution is 2.28. The summed E-state index contributed by atoms with van der Waals surface area (Å²) in [7, 11) is -3.61. The van der Waals surface area contributed by atoms with Gasteiger partial charge < -0.3 is 0 Å². The van der Waals surface area contributed by atoms with Crippen LogP contribution in [0.4, 0.5) is 5.13 Å². The summed E-state index contributed by atoms with van der Waals surface area (Å²) in [6.07, 6.45) is 1.46. The number of aryl methyl sites for hydroxylation is 1. The predicted octanol–water partition coefficient (Wildman–Crippen LogP) is 3.32. The molecule has 0 unspecified atom stereocenters. The maximum absolute atomic E-state index is 12.4. The number of carbonyl (C=O) groups is 1. The number of carbonyl (C=O) groups excluding carboxylic acids is 1. The van der Waals surface area contributed by atoms with Crippen LogP contribution in [0.25, 0.3) is 10.2 Å². The Morgan fingerprint density at radius 1 is 1.23 bits per heavy atom. The number of nitrogens with one attached hydrogen (secondary N) is 2. The SMILES string of the molecule is C=CCNS(=O)(=O)c1ccc(C(=O)Nc2nc3c(C)cccc3s2)cc1. The molecule has 3 rings (SSSR count). The number of benzene rings is 2. The molecule has 2 aromatic carbocycles. The quantitative estimate of drug-likeness (QED) is 0.635. The molecule has 0 atom stereocenters. The fraction of sp³-hybridized carbons (Fsp3) is 0.111. The zero-order valence-electron chi connectivity index (χ0n) is 14.0. The topological polar surface area (TPSA) is 88.2 Å². The third kappa shape index (κ3) is 3.82. The average Bonchev–Trinajstić information content (AvgIpc) is 3.04. The Morgan fingerprint density at radius 2 is 1.96 bits per heavy atom. The van der Waals surface area contributed by atoms with Crippen LogP contribution in [0.3, 0.4) is 0 Å². The third-order valence-electron chi connectivity index (χ3n) is 3.69. The van der Waals surface area contributed by atoms with E-state index in [4.69, 9.17) is 0 Å². The van der Waals surface area contributed by atoms with Crippen molar-refractivity contribution in [1.82, 2.24) is 9.71 Å². The molecule has 6 nitrogen and oxygen atoms in total. The zero-order chi connectivity index (χ0) is 18.7. The summed E-state index contributed by atoms with van der Waals surface area (Å²) in [6, 6.07) is 11.6. The van der Waals surface area contributed by atoms with Gasteiger partial charge in [-0.15, -0.1) is 6.58 Å². The highest BCUT2D eigenvalue weighted by atomic mass is 32.2. The fourth-order valence-corrected chi connectivity index (χ4v) is 4.28. The number of amides is 1. The number of anilines is 1. The maximum Gasteiger partial charge on any atom is 0.257 e. The Balaban J connectivity index is 1.77. The lowest BCUT2D eigenvalue weighted by molar-refractivity contribution is 0.102. The van der Waals surface area contributed by atoms with Crippen molar-refractivity contribution in [3.05, 3.63) is 66.2 Å². The lowest BCUT2D eigenvalue weighted by Gasteiger charge is -2.06. The van der Waals surface area contributed by atoms with E-state index in [0.717, 1.165) is 15.8 Å². The molecule has 26 heavy (non-hydrogen) atoms. The van der Waals surface area contributed by atoms with Gasteiger partial charge in [-0.05, 0) is 42.8 Å². The summed E-state index contributed by atoms with van der Waals surface area (Å²) in [5.41, 5.74) is 2.26. The van der Waals surface area contributed by atoms with E-state index in [1.54, 1.807) is 0 Å². The van der Waals surface area contributed by atoms with E-state index in [-0.39, 0.29) is 17.3 Å². The van der Waals surface area contributed by atoms with Gasteiger partial charge >= 0.3 is 0 Å². The van der Waals surface area contributed by atoms with E-state index < -0.39 is 10.0 Å². The number of aromatic nitrogens is 1. The molecule has 1 amide bonds. The second-order valence-electron chi connectivity index (χ2n) is 5.56. The molecule has 0 aliphatic heterocycles. The molecule has 8 heteroatoms. The van der Waals surface area contributed by atoms with Crippen LogP contribution in [0.15, 0.2) is 60.0 Å². The van der Waals surface area contributed by atoms with Gasteiger partial charge in [-0.2, -0.15) is 0 Å². The van der Waals surface area contributed by atoms with Gasteiger partial charge in [-0.1, -0.05) is 29.5 Å². The van der Waals surface area contributed by atoms with Crippen LogP contribution in [-0.4, -0.2) is 25.9 Å². The van der Waals surface area contributed by atoms with Gasteiger partial charge in [0.25, 0.3) is 5.91 Å². The molecule has 0 bridgehead atoms. The molecule has 0 spiro atoms. The van der Waals surface area contributed by atoms with E-state index >= 15 is 0 Å². The Bertz CT molecular complexity index is 1070. The molecule has 0 aliphatic rings. The number of hydrogen-bond acceptors (Lipinski definition) is 5. The Labute approximate surface area is 155 Å². The van der Waals surface area contributed by atoms with Crippen molar-refractivity contribution < 1.29 is 13.2 Å². The van der Waals surface area contributed by atoms with Crippen molar-refractivity contribution in [3.63, 3.8) is 0 Å².